The number of carbonyl (C=O) groups excluding carboxylic acids is 1. The lowest BCUT2D eigenvalue weighted by molar-refractivity contribution is -0.124. The Hall–Kier alpha value is -2.17. The summed E-state index contributed by atoms with van der Waals surface area (Å²) in [6, 6.07) is 7.87. The predicted octanol–water partition coefficient (Wildman–Crippen LogP) is 2.81. The summed E-state index contributed by atoms with van der Waals surface area (Å²) in [4.78, 5) is 12.2. The van der Waals surface area contributed by atoms with Crippen molar-refractivity contribution in [3.63, 3.8) is 0 Å². The van der Waals surface area contributed by atoms with Gasteiger partial charge in [0.1, 0.15) is 11.9 Å². The molecule has 1 aromatic heterocycles. The number of carbonyl (C=O) groups is 1. The van der Waals surface area contributed by atoms with Gasteiger partial charge in [-0.2, -0.15) is 5.10 Å². The molecule has 5 heteroatoms. The van der Waals surface area contributed by atoms with E-state index in [2.05, 4.69) is 10.4 Å². The summed E-state index contributed by atoms with van der Waals surface area (Å²) in [5.41, 5.74) is 1.95. The Morgan fingerprint density at radius 1 is 1.29 bits per heavy atom. The molecular weight excluding hydrogens is 269 g/mol. The van der Waals surface area contributed by atoms with Crippen LogP contribution in [0.25, 0.3) is 0 Å². The molecule has 0 saturated carbocycles. The number of benzene rings is 1. The number of aromatic nitrogens is 2. The van der Waals surface area contributed by atoms with Gasteiger partial charge in [-0.3, -0.25) is 9.48 Å². The molecule has 1 aromatic carbocycles. The zero-order valence-corrected chi connectivity index (χ0v) is 12.5. The molecule has 0 aliphatic rings. The van der Waals surface area contributed by atoms with Crippen molar-refractivity contribution < 1.29 is 9.18 Å². The average Bonchev–Trinajstić information content (AvgIpc) is 2.90. The van der Waals surface area contributed by atoms with Crippen molar-refractivity contribution in [3.8, 4) is 0 Å². The zero-order chi connectivity index (χ0) is 15.4. The molecule has 2 atom stereocenters. The molecule has 112 valence electrons. The van der Waals surface area contributed by atoms with E-state index in [1.165, 1.54) is 12.1 Å². The van der Waals surface area contributed by atoms with Crippen LogP contribution in [-0.2, 0) is 4.79 Å². The maximum atomic E-state index is 12.9. The minimum absolute atomic E-state index is 0.0734. The van der Waals surface area contributed by atoms with Crippen LogP contribution in [0.1, 0.15) is 37.1 Å². The Morgan fingerprint density at radius 2 is 1.95 bits per heavy atom. The van der Waals surface area contributed by atoms with Gasteiger partial charge in [-0.15, -0.1) is 0 Å². The van der Waals surface area contributed by atoms with Crippen LogP contribution in [0.4, 0.5) is 4.39 Å². The number of nitrogens with zero attached hydrogens (tertiary/aromatic N) is 2. The number of hydrogen-bond acceptors (Lipinski definition) is 2. The Kier molecular flexibility index (Phi) is 4.73. The molecule has 2 rings (SSSR count). The molecule has 2 unspecified atom stereocenters. The molecule has 1 N–H and O–H groups in total. The summed E-state index contributed by atoms with van der Waals surface area (Å²) >= 11 is 0. The van der Waals surface area contributed by atoms with Crippen molar-refractivity contribution in [3.05, 3.63) is 53.6 Å². The molecule has 0 radical (unpaired) electrons. The van der Waals surface area contributed by atoms with Crippen molar-refractivity contribution >= 4 is 5.91 Å². The molecule has 0 aliphatic heterocycles. The molecule has 0 fully saturated rings. The molecule has 21 heavy (non-hydrogen) atoms. The summed E-state index contributed by atoms with van der Waals surface area (Å²) < 4.78 is 14.6. The molecule has 1 heterocycles. The fourth-order valence-corrected chi connectivity index (χ4v) is 2.21. The molecule has 0 spiro atoms. The molecule has 1 amide bonds. The highest BCUT2D eigenvalue weighted by Crippen LogP contribution is 2.15. The van der Waals surface area contributed by atoms with E-state index in [0.29, 0.717) is 6.54 Å². The Balaban J connectivity index is 1.92. The van der Waals surface area contributed by atoms with E-state index in [4.69, 9.17) is 0 Å². The third-order valence-corrected chi connectivity index (χ3v) is 3.64. The van der Waals surface area contributed by atoms with Gasteiger partial charge in [-0.1, -0.05) is 19.1 Å². The van der Waals surface area contributed by atoms with Crippen LogP contribution in [0.2, 0.25) is 0 Å². The standard InChI is InChI=1S/C16H20FN3O/c1-11(14-4-6-15(17)7-5-14)10-18-16(21)13(3)20-12(2)8-9-19-20/h4-9,11,13H,10H2,1-3H3,(H,18,21). The lowest BCUT2D eigenvalue weighted by Crippen LogP contribution is -2.34. The minimum atomic E-state index is -0.347. The lowest BCUT2D eigenvalue weighted by atomic mass is 10.0. The van der Waals surface area contributed by atoms with Crippen molar-refractivity contribution in [1.29, 1.82) is 0 Å². The number of hydrogen-bond donors (Lipinski definition) is 1. The van der Waals surface area contributed by atoms with Gasteiger partial charge < -0.3 is 5.32 Å². The number of amides is 1. The predicted molar refractivity (Wildman–Crippen MR) is 79.5 cm³/mol. The van der Waals surface area contributed by atoms with Gasteiger partial charge in [0.05, 0.1) is 0 Å². The summed E-state index contributed by atoms with van der Waals surface area (Å²) in [5.74, 6) is -0.200. The fourth-order valence-electron chi connectivity index (χ4n) is 2.21. The molecule has 0 aliphatic carbocycles. The largest absolute Gasteiger partial charge is 0.354 e. The van der Waals surface area contributed by atoms with Crippen LogP contribution < -0.4 is 5.32 Å². The topological polar surface area (TPSA) is 46.9 Å². The van der Waals surface area contributed by atoms with Crippen molar-refractivity contribution in [1.82, 2.24) is 15.1 Å². The van der Waals surface area contributed by atoms with Gasteiger partial charge >= 0.3 is 0 Å². The van der Waals surface area contributed by atoms with Crippen LogP contribution in [-0.4, -0.2) is 22.2 Å². The van der Waals surface area contributed by atoms with Gasteiger partial charge in [0.25, 0.3) is 0 Å². The second-order valence-electron chi connectivity index (χ2n) is 5.29. The molecule has 0 bridgehead atoms. The number of halogens is 1. The zero-order valence-electron chi connectivity index (χ0n) is 12.5. The first-order chi connectivity index (χ1) is 9.99. The quantitative estimate of drug-likeness (QED) is 0.920. The Labute approximate surface area is 124 Å². The maximum Gasteiger partial charge on any atom is 0.244 e. The van der Waals surface area contributed by atoms with E-state index < -0.39 is 0 Å². The maximum absolute atomic E-state index is 12.9. The van der Waals surface area contributed by atoms with Crippen molar-refractivity contribution in [2.45, 2.75) is 32.7 Å². The van der Waals surface area contributed by atoms with Crippen LogP contribution in [0, 0.1) is 12.7 Å². The highest BCUT2D eigenvalue weighted by molar-refractivity contribution is 5.79. The molecular formula is C16H20FN3O. The van der Waals surface area contributed by atoms with E-state index in [0.717, 1.165) is 11.3 Å². The van der Waals surface area contributed by atoms with E-state index in [-0.39, 0.29) is 23.7 Å². The van der Waals surface area contributed by atoms with Gasteiger partial charge in [0.15, 0.2) is 0 Å². The van der Waals surface area contributed by atoms with Crippen molar-refractivity contribution in [2.75, 3.05) is 6.54 Å². The molecule has 0 saturated heterocycles. The Morgan fingerprint density at radius 3 is 2.52 bits per heavy atom. The highest BCUT2D eigenvalue weighted by atomic mass is 19.1. The second-order valence-corrected chi connectivity index (χ2v) is 5.29. The SMILES string of the molecule is Cc1ccnn1C(C)C(=O)NCC(C)c1ccc(F)cc1. The van der Waals surface area contributed by atoms with Gasteiger partial charge in [0.2, 0.25) is 5.91 Å². The monoisotopic (exact) mass is 289 g/mol. The second kappa shape index (κ2) is 6.52. The van der Waals surface area contributed by atoms with Crippen LogP contribution in [0.15, 0.2) is 36.5 Å². The summed E-state index contributed by atoms with van der Waals surface area (Å²) in [6.07, 6.45) is 1.68. The number of nitrogens with one attached hydrogen (secondary N) is 1. The third-order valence-electron chi connectivity index (χ3n) is 3.64. The van der Waals surface area contributed by atoms with E-state index in [1.54, 1.807) is 23.0 Å². The number of aryl methyl sites for hydroxylation is 1. The minimum Gasteiger partial charge on any atom is -0.354 e. The van der Waals surface area contributed by atoms with Crippen molar-refractivity contribution in [2.24, 2.45) is 0 Å². The lowest BCUT2D eigenvalue weighted by Gasteiger charge is -2.17. The first-order valence-corrected chi connectivity index (χ1v) is 7.02. The fraction of sp³-hybridized carbons (Fsp3) is 0.375. The first-order valence-electron chi connectivity index (χ1n) is 7.02. The van der Waals surface area contributed by atoms with E-state index >= 15 is 0 Å². The summed E-state index contributed by atoms with van der Waals surface area (Å²) in [6.45, 7) is 6.24. The highest BCUT2D eigenvalue weighted by Gasteiger charge is 2.17. The van der Waals surface area contributed by atoms with E-state index in [9.17, 15) is 9.18 Å². The first kappa shape index (κ1) is 15.2. The smallest absolute Gasteiger partial charge is 0.244 e. The normalized spacial score (nSPS) is 13.7. The summed E-state index contributed by atoms with van der Waals surface area (Å²) in [5, 5.41) is 7.06. The Bertz CT molecular complexity index is 606. The third kappa shape index (κ3) is 3.68. The van der Waals surface area contributed by atoms with Crippen LogP contribution >= 0.6 is 0 Å². The summed E-state index contributed by atoms with van der Waals surface area (Å²) in [7, 11) is 0. The molecule has 4 nitrogen and oxygen atoms in total. The van der Waals surface area contributed by atoms with Gasteiger partial charge in [-0.05, 0) is 43.5 Å². The number of rotatable bonds is 5. The van der Waals surface area contributed by atoms with Crippen LogP contribution in [0.3, 0.4) is 0 Å². The average molecular weight is 289 g/mol. The van der Waals surface area contributed by atoms with E-state index in [1.807, 2.05) is 26.8 Å². The van der Waals surface area contributed by atoms with Gasteiger partial charge in [-0.25, -0.2) is 4.39 Å². The van der Waals surface area contributed by atoms with Gasteiger partial charge in [0, 0.05) is 18.4 Å². The molecule has 2 aromatic rings. The van der Waals surface area contributed by atoms with Crippen LogP contribution in [0.5, 0.6) is 0 Å².